The van der Waals surface area contributed by atoms with Gasteiger partial charge in [0.05, 0.1) is 29.6 Å². The van der Waals surface area contributed by atoms with Crippen LogP contribution >= 0.6 is 0 Å². The van der Waals surface area contributed by atoms with Crippen molar-refractivity contribution in [2.24, 2.45) is 16.6 Å². The quantitative estimate of drug-likeness (QED) is 0.0487. The van der Waals surface area contributed by atoms with Crippen LogP contribution in [0.5, 0.6) is 11.5 Å². The van der Waals surface area contributed by atoms with Gasteiger partial charge >= 0.3 is 0 Å². The van der Waals surface area contributed by atoms with E-state index in [0.717, 1.165) is 16.7 Å². The maximum Gasteiger partial charge on any atom is 0.274 e. The standard InChI is InChI=1S/C50H64N12O11S/c1-27-42(28(2)58-44(57-27)31-9-12-33(13-10-31)50(4,5)6)47(67)60-38(16-18-56-74(54,70)71)49(69)62(7)43-32-11-15-41(73-26-35(64)24-53)37(22-32)36-20-30(8-14-40(36)72-25-34(63)23-52)21-39(46(66)55-19-17-51)61-45(65)29(3)59-48(43)68/h8-15,20,22,25,29,35,38-39,43,56,63-64H,16,18-19,21,23-24,26,52-53H2,1-7H3,(H,55,66)(H,59,68)(H,60,67)(H,61,65)(H2,54,70,71)/b34-25-/t29-,35+,38-,39-,43-/m0/s1. The van der Waals surface area contributed by atoms with Gasteiger partial charge in [0.15, 0.2) is 5.82 Å². The average Bonchev–Trinajstić information content (AvgIpc) is 3.34. The number of carbonyl (C=O) groups excluding carboxylic acids is 5. The van der Waals surface area contributed by atoms with Crippen molar-refractivity contribution in [2.45, 2.75) is 90.1 Å². The Morgan fingerprint density at radius 1 is 0.986 bits per heavy atom. The molecular formula is C50H64N12O11S. The van der Waals surface area contributed by atoms with Gasteiger partial charge < -0.3 is 57.3 Å². The predicted octanol–water partition coefficient (Wildman–Crippen LogP) is 0.827. The van der Waals surface area contributed by atoms with Crippen LogP contribution in [-0.4, -0.2) is 127 Å². The Morgan fingerprint density at radius 2 is 1.64 bits per heavy atom. The largest absolute Gasteiger partial charge is 0.508 e. The van der Waals surface area contributed by atoms with Gasteiger partial charge in [-0.1, -0.05) is 57.2 Å². The Hall–Kier alpha value is -7.53. The van der Waals surface area contributed by atoms with Crippen LogP contribution in [0.3, 0.4) is 0 Å². The molecule has 74 heavy (non-hydrogen) atoms. The summed E-state index contributed by atoms with van der Waals surface area (Å²) in [6, 6.07) is 12.8. The Balaban J connectivity index is 1.66. The molecule has 5 rings (SSSR count). The lowest BCUT2D eigenvalue weighted by molar-refractivity contribution is -0.141. The first-order chi connectivity index (χ1) is 34.8. The molecule has 13 N–H and O–H groups in total. The van der Waals surface area contributed by atoms with Crippen LogP contribution in [0.2, 0.25) is 0 Å². The predicted molar refractivity (Wildman–Crippen MR) is 273 cm³/mol. The van der Waals surface area contributed by atoms with Gasteiger partial charge in [0.1, 0.15) is 66.9 Å². The Kier molecular flexibility index (Phi) is 19.3. The van der Waals surface area contributed by atoms with Crippen molar-refractivity contribution in [3.63, 3.8) is 0 Å². The molecule has 0 unspecified atom stereocenters. The number of fused-ring (bicyclic) bond motifs is 5. The van der Waals surface area contributed by atoms with Crippen LogP contribution in [-0.2, 0) is 41.2 Å². The van der Waals surface area contributed by atoms with E-state index in [1.54, 1.807) is 26.0 Å². The fraction of sp³-hybridized carbons (Fsp3) is 0.400. The zero-order valence-electron chi connectivity index (χ0n) is 42.2. The van der Waals surface area contributed by atoms with Crippen molar-refractivity contribution in [3.8, 4) is 40.1 Å². The number of aliphatic hydroxyl groups is 2. The summed E-state index contributed by atoms with van der Waals surface area (Å²) in [5.41, 5.74) is 14.5. The normalized spacial score (nSPS) is 17.1. The molecule has 4 bridgehead atoms. The molecule has 1 aromatic heterocycles. The van der Waals surface area contributed by atoms with Gasteiger partial charge in [-0.25, -0.2) is 19.8 Å². The van der Waals surface area contributed by atoms with Crippen LogP contribution in [0.1, 0.15) is 78.6 Å². The van der Waals surface area contributed by atoms with Crippen molar-refractivity contribution in [1.29, 1.82) is 5.26 Å². The molecule has 5 amide bonds. The molecule has 0 aliphatic carbocycles. The number of nitrogens with one attached hydrogen (secondary N) is 5. The summed E-state index contributed by atoms with van der Waals surface area (Å²) in [6.45, 7) is 9.23. The highest BCUT2D eigenvalue weighted by molar-refractivity contribution is 7.87. The summed E-state index contributed by atoms with van der Waals surface area (Å²) in [5.74, 6) is -3.95. The molecule has 0 fully saturated rings. The number of aliphatic hydroxyl groups excluding tert-OH is 2. The molecule has 396 valence electrons. The van der Waals surface area contributed by atoms with E-state index in [1.807, 2.05) is 30.3 Å². The number of hydrogen-bond donors (Lipinski definition) is 10. The van der Waals surface area contributed by atoms with Crippen LogP contribution < -0.4 is 52.1 Å². The number of nitrogens with zero attached hydrogens (tertiary/aromatic N) is 4. The lowest BCUT2D eigenvalue weighted by atomic mass is 9.86. The SMILES string of the molecule is Cc1nc(-c2ccc(C(C)(C)C)cc2)nc(C)c1C(=O)N[C@@H](CCNS(N)(=O)=O)C(=O)N(C)[C@@H]1C(=O)N[C@@H](C)C(=O)N[C@H](C(=O)NCC#N)Cc2ccc(O/C=C(\O)CN)c(c2)-c2cc1ccc2OC[C@H](O)CN. The molecule has 4 aromatic rings. The van der Waals surface area contributed by atoms with Crippen LogP contribution in [0.15, 0.2) is 72.7 Å². The first kappa shape index (κ1) is 57.4. The lowest BCUT2D eigenvalue weighted by Crippen LogP contribution is -2.56. The number of amides is 5. The van der Waals surface area contributed by atoms with Crippen molar-refractivity contribution < 1.29 is 52.1 Å². The molecule has 0 saturated heterocycles. The minimum atomic E-state index is -4.29. The maximum atomic E-state index is 15.0. The van der Waals surface area contributed by atoms with E-state index >= 15 is 4.79 Å². The smallest absolute Gasteiger partial charge is 0.274 e. The molecule has 1 aliphatic rings. The van der Waals surface area contributed by atoms with Gasteiger partial charge in [-0.05, 0) is 73.6 Å². The van der Waals surface area contributed by atoms with E-state index in [0.29, 0.717) is 17.0 Å². The van der Waals surface area contributed by atoms with E-state index in [4.69, 9.17) is 26.1 Å². The summed E-state index contributed by atoms with van der Waals surface area (Å²) >= 11 is 0. The van der Waals surface area contributed by atoms with Gasteiger partial charge in [0.25, 0.3) is 16.1 Å². The van der Waals surface area contributed by atoms with Crippen LogP contribution in [0.25, 0.3) is 22.5 Å². The number of carbonyl (C=O) groups is 5. The lowest BCUT2D eigenvalue weighted by Gasteiger charge is -2.33. The molecule has 0 spiro atoms. The second kappa shape index (κ2) is 24.9. The van der Waals surface area contributed by atoms with Crippen molar-refractivity contribution in [3.05, 3.63) is 106 Å². The van der Waals surface area contributed by atoms with Gasteiger partial charge in [0.2, 0.25) is 23.6 Å². The third-order valence-corrected chi connectivity index (χ3v) is 12.5. The highest BCUT2D eigenvalue weighted by Crippen LogP contribution is 2.40. The molecule has 23 nitrogen and oxygen atoms in total. The number of aryl methyl sites for hydroxylation is 2. The molecule has 5 atom stereocenters. The second-order valence-electron chi connectivity index (χ2n) is 18.6. The van der Waals surface area contributed by atoms with E-state index in [-0.39, 0.29) is 95.4 Å². The average molecular weight is 1040 g/mol. The summed E-state index contributed by atoms with van der Waals surface area (Å²) in [7, 11) is -3.03. The number of hydrogen-bond acceptors (Lipinski definition) is 16. The molecule has 3 aromatic carbocycles. The molecule has 0 radical (unpaired) electrons. The molecule has 24 heteroatoms. The summed E-state index contributed by atoms with van der Waals surface area (Å²) in [4.78, 5) is 81.7. The second-order valence-corrected chi connectivity index (χ2v) is 20.0. The minimum Gasteiger partial charge on any atom is -0.508 e. The first-order valence-electron chi connectivity index (χ1n) is 23.4. The highest BCUT2D eigenvalue weighted by Gasteiger charge is 2.37. The number of likely N-dealkylation sites (N-methyl/N-ethyl adjacent to an activating group) is 1. The van der Waals surface area contributed by atoms with Crippen molar-refractivity contribution in [1.82, 2.24) is 40.9 Å². The van der Waals surface area contributed by atoms with Crippen molar-refractivity contribution >= 4 is 39.7 Å². The van der Waals surface area contributed by atoms with E-state index in [2.05, 4.69) is 56.7 Å². The number of nitriles is 1. The Morgan fingerprint density at radius 3 is 2.24 bits per heavy atom. The third kappa shape index (κ3) is 15.0. The topological polar surface area (TPSA) is 369 Å². The maximum absolute atomic E-state index is 15.0. The van der Waals surface area contributed by atoms with Gasteiger partial charge in [-0.3, -0.25) is 24.0 Å². The number of aromatic nitrogens is 2. The fourth-order valence-electron chi connectivity index (χ4n) is 7.90. The highest BCUT2D eigenvalue weighted by atomic mass is 32.2. The van der Waals surface area contributed by atoms with Crippen molar-refractivity contribution in [2.75, 3.05) is 39.8 Å². The zero-order valence-corrected chi connectivity index (χ0v) is 43.0. The Labute approximate surface area is 429 Å². The number of benzene rings is 3. The van der Waals surface area contributed by atoms with Gasteiger partial charge in [0, 0.05) is 43.2 Å². The van der Waals surface area contributed by atoms with Gasteiger partial charge in [-0.15, -0.1) is 0 Å². The van der Waals surface area contributed by atoms with Crippen LogP contribution in [0.4, 0.5) is 0 Å². The zero-order chi connectivity index (χ0) is 54.7. The number of nitrogens with two attached hydrogens (primary N) is 3. The minimum absolute atomic E-state index is 0.0324. The number of rotatable bonds is 18. The van der Waals surface area contributed by atoms with E-state index in [9.17, 15) is 43.1 Å². The molecule has 2 heterocycles. The summed E-state index contributed by atoms with van der Waals surface area (Å²) < 4.78 is 38.2. The Bertz CT molecular complexity index is 2900. The summed E-state index contributed by atoms with van der Waals surface area (Å²) in [6.07, 6.45) is -0.652. The molecular weight excluding hydrogens is 977 g/mol. The monoisotopic (exact) mass is 1040 g/mol. The first-order valence-corrected chi connectivity index (χ1v) is 25.0. The third-order valence-electron chi connectivity index (χ3n) is 11.9. The van der Waals surface area contributed by atoms with Gasteiger partial charge in [-0.2, -0.15) is 13.7 Å². The number of ether oxygens (including phenoxy) is 2. The fourth-order valence-corrected chi connectivity index (χ4v) is 8.31. The van der Waals surface area contributed by atoms with Crippen LogP contribution in [0, 0.1) is 25.2 Å². The molecule has 0 saturated carbocycles. The summed E-state index contributed by atoms with van der Waals surface area (Å²) in [5, 5.41) is 45.6. The van der Waals surface area contributed by atoms with E-state index in [1.165, 1.54) is 38.2 Å². The van der Waals surface area contributed by atoms with E-state index < -0.39 is 76.6 Å². The molecule has 1 aliphatic heterocycles.